The molecule has 0 unspecified atom stereocenters. The highest BCUT2D eigenvalue weighted by molar-refractivity contribution is 7.97. The van der Waals surface area contributed by atoms with Crippen molar-refractivity contribution in [2.24, 2.45) is 0 Å². The fourth-order valence-corrected chi connectivity index (χ4v) is 2.76. The Kier molecular flexibility index (Phi) is 7.18. The third kappa shape index (κ3) is 5.44. The van der Waals surface area contributed by atoms with Crippen LogP contribution in [0.4, 0.5) is 0 Å². The number of nitrogens with one attached hydrogen (secondary N) is 1. The third-order valence-electron chi connectivity index (χ3n) is 3.17. The van der Waals surface area contributed by atoms with Crippen LogP contribution in [0.25, 0.3) is 17.0 Å². The van der Waals surface area contributed by atoms with Gasteiger partial charge in [-0.2, -0.15) is 0 Å². The predicted octanol–water partition coefficient (Wildman–Crippen LogP) is 3.14. The van der Waals surface area contributed by atoms with Gasteiger partial charge in [-0.1, -0.05) is 6.08 Å². The van der Waals surface area contributed by atoms with Gasteiger partial charge in [-0.05, 0) is 54.8 Å². The minimum absolute atomic E-state index is 0.149. The highest BCUT2D eigenvalue weighted by atomic mass is 32.2. The second-order valence-electron chi connectivity index (χ2n) is 4.88. The van der Waals surface area contributed by atoms with Crippen molar-refractivity contribution in [2.45, 2.75) is 11.8 Å². The monoisotopic (exact) mass is 357 g/mol. The number of ether oxygens (including phenoxy) is 1. The molecule has 2 aromatic heterocycles. The number of H-pyrrole nitrogens is 1. The van der Waals surface area contributed by atoms with Crippen LogP contribution >= 0.6 is 11.9 Å². The lowest BCUT2D eigenvalue weighted by atomic mass is 10.2. The van der Waals surface area contributed by atoms with Crippen LogP contribution in [0.1, 0.15) is 12.5 Å². The number of fused-ring (bicyclic) bond motifs is 1. The summed E-state index contributed by atoms with van der Waals surface area (Å²) in [6.07, 6.45) is 9.13. The summed E-state index contributed by atoms with van der Waals surface area (Å²) >= 11 is 1.48. The number of aromatic nitrogens is 3. The van der Waals surface area contributed by atoms with Crippen LogP contribution in [0, 0.1) is 0 Å². The third-order valence-corrected chi connectivity index (χ3v) is 4.07. The Hall–Kier alpha value is -2.64. The molecule has 0 spiro atoms. The lowest BCUT2D eigenvalue weighted by molar-refractivity contribution is -0.104. The van der Waals surface area contributed by atoms with Gasteiger partial charge in [0, 0.05) is 31.0 Å². The first-order valence-corrected chi connectivity index (χ1v) is 8.39. The van der Waals surface area contributed by atoms with E-state index in [0.717, 1.165) is 23.4 Å². The number of hydrogen-bond acceptors (Lipinski definition) is 5. The van der Waals surface area contributed by atoms with E-state index in [4.69, 9.17) is 0 Å². The zero-order valence-corrected chi connectivity index (χ0v) is 14.8. The number of rotatable bonds is 5. The summed E-state index contributed by atoms with van der Waals surface area (Å²) in [5.41, 5.74) is 1.46. The van der Waals surface area contributed by atoms with E-state index in [1.165, 1.54) is 24.4 Å². The quantitative estimate of drug-likeness (QED) is 0.561. The Morgan fingerprint density at radius 3 is 2.88 bits per heavy atom. The summed E-state index contributed by atoms with van der Waals surface area (Å²) in [5.74, 6) is 0. The van der Waals surface area contributed by atoms with Gasteiger partial charge in [-0.25, -0.2) is 4.98 Å². The van der Waals surface area contributed by atoms with Crippen LogP contribution in [0.2, 0.25) is 0 Å². The number of aldehydes is 1. The molecule has 0 saturated heterocycles. The van der Waals surface area contributed by atoms with E-state index in [-0.39, 0.29) is 5.56 Å². The molecule has 25 heavy (non-hydrogen) atoms. The SMILES string of the molecule is CCOC.O=C/C=C/c1ccn(Sc2ccc3nc[nH]c(=O)c3c2)c1. The Bertz CT molecular complexity index is 913. The number of carbonyl (C=O) groups is 1. The first kappa shape index (κ1) is 18.7. The summed E-state index contributed by atoms with van der Waals surface area (Å²) in [4.78, 5) is 29.7. The summed E-state index contributed by atoms with van der Waals surface area (Å²) < 4.78 is 6.45. The summed E-state index contributed by atoms with van der Waals surface area (Å²) in [7, 11) is 1.68. The molecule has 0 aliphatic carbocycles. The van der Waals surface area contributed by atoms with Gasteiger partial charge in [-0.15, -0.1) is 0 Å². The maximum Gasteiger partial charge on any atom is 0.258 e. The van der Waals surface area contributed by atoms with Gasteiger partial charge in [0.2, 0.25) is 0 Å². The number of hydrogen-bond donors (Lipinski definition) is 1. The van der Waals surface area contributed by atoms with Crippen molar-refractivity contribution in [3.8, 4) is 0 Å². The zero-order valence-electron chi connectivity index (χ0n) is 14.0. The Balaban J connectivity index is 0.000000511. The number of carbonyl (C=O) groups excluding carboxylic acids is 1. The lowest BCUT2D eigenvalue weighted by Gasteiger charge is -2.03. The fraction of sp³-hybridized carbons (Fsp3) is 0.167. The summed E-state index contributed by atoms with van der Waals surface area (Å²) in [5, 5.41) is 0.565. The topological polar surface area (TPSA) is 77.0 Å². The summed E-state index contributed by atoms with van der Waals surface area (Å²) in [6.45, 7) is 2.78. The van der Waals surface area contributed by atoms with E-state index >= 15 is 0 Å². The fourth-order valence-electron chi connectivity index (χ4n) is 1.92. The molecule has 3 rings (SSSR count). The molecule has 6 nitrogen and oxygen atoms in total. The number of methoxy groups -OCH3 is 1. The molecule has 0 aliphatic rings. The smallest absolute Gasteiger partial charge is 0.258 e. The van der Waals surface area contributed by atoms with E-state index in [2.05, 4.69) is 14.7 Å². The molecule has 0 atom stereocenters. The van der Waals surface area contributed by atoms with Crippen molar-refractivity contribution in [3.63, 3.8) is 0 Å². The van der Waals surface area contributed by atoms with Gasteiger partial charge in [0.05, 0.1) is 17.2 Å². The first-order chi connectivity index (χ1) is 12.2. The standard InChI is InChI=1S/C15H11N3O2S.C3H8O/c19-7-1-2-11-5-6-18(9-11)21-12-3-4-14-13(8-12)15(20)17-10-16-14;1-3-4-2/h1-10H,(H,16,17,20);3H2,1-2H3/b2-1+;. The first-order valence-electron chi connectivity index (χ1n) is 7.62. The molecule has 130 valence electrons. The van der Waals surface area contributed by atoms with E-state index in [9.17, 15) is 9.59 Å². The van der Waals surface area contributed by atoms with Crippen molar-refractivity contribution in [1.29, 1.82) is 0 Å². The molecule has 0 bridgehead atoms. The molecule has 0 saturated carbocycles. The molecule has 0 amide bonds. The normalized spacial score (nSPS) is 10.6. The van der Waals surface area contributed by atoms with Crippen LogP contribution in [0.3, 0.4) is 0 Å². The molecule has 3 aromatic rings. The van der Waals surface area contributed by atoms with Gasteiger partial charge >= 0.3 is 0 Å². The molecule has 0 aliphatic heterocycles. The average molecular weight is 357 g/mol. The van der Waals surface area contributed by atoms with Crippen molar-refractivity contribution in [1.82, 2.24) is 13.9 Å². The van der Waals surface area contributed by atoms with Gasteiger partial charge in [0.15, 0.2) is 0 Å². The van der Waals surface area contributed by atoms with Gasteiger partial charge in [0.25, 0.3) is 5.56 Å². The molecule has 0 radical (unpaired) electrons. The number of allylic oxidation sites excluding steroid dienone is 1. The van der Waals surface area contributed by atoms with E-state index in [0.29, 0.717) is 10.9 Å². The zero-order chi connectivity index (χ0) is 18.1. The highest BCUT2D eigenvalue weighted by Crippen LogP contribution is 2.23. The Labute approximate surface area is 149 Å². The maximum atomic E-state index is 11.8. The van der Waals surface area contributed by atoms with Crippen LogP contribution < -0.4 is 5.56 Å². The van der Waals surface area contributed by atoms with Gasteiger partial charge < -0.3 is 9.72 Å². The minimum atomic E-state index is -0.149. The van der Waals surface area contributed by atoms with E-state index < -0.39 is 0 Å². The molecular weight excluding hydrogens is 338 g/mol. The predicted molar refractivity (Wildman–Crippen MR) is 101 cm³/mol. The van der Waals surface area contributed by atoms with E-state index in [1.54, 1.807) is 13.2 Å². The van der Waals surface area contributed by atoms with Gasteiger partial charge in [-0.3, -0.25) is 13.6 Å². The maximum absolute atomic E-state index is 11.8. The van der Waals surface area contributed by atoms with E-state index in [1.807, 2.05) is 47.6 Å². The highest BCUT2D eigenvalue weighted by Gasteiger charge is 2.03. The number of nitrogens with zero attached hydrogens (tertiary/aromatic N) is 2. The average Bonchev–Trinajstić information content (AvgIpc) is 3.08. The molecule has 1 aromatic carbocycles. The van der Waals surface area contributed by atoms with Gasteiger partial charge in [0.1, 0.15) is 6.29 Å². The Morgan fingerprint density at radius 1 is 1.36 bits per heavy atom. The van der Waals surface area contributed by atoms with Crippen molar-refractivity contribution >= 4 is 35.2 Å². The number of benzene rings is 1. The number of aromatic amines is 1. The summed E-state index contributed by atoms with van der Waals surface area (Å²) in [6, 6.07) is 7.46. The Morgan fingerprint density at radius 2 is 2.16 bits per heavy atom. The van der Waals surface area contributed by atoms with Crippen LogP contribution in [0.5, 0.6) is 0 Å². The van der Waals surface area contributed by atoms with Crippen molar-refractivity contribution < 1.29 is 9.53 Å². The van der Waals surface area contributed by atoms with Crippen LogP contribution in [0.15, 0.2) is 58.8 Å². The lowest BCUT2D eigenvalue weighted by Crippen LogP contribution is -2.05. The van der Waals surface area contributed by atoms with Crippen molar-refractivity contribution in [2.75, 3.05) is 13.7 Å². The van der Waals surface area contributed by atoms with Crippen LogP contribution in [-0.4, -0.2) is 33.9 Å². The van der Waals surface area contributed by atoms with Crippen LogP contribution in [-0.2, 0) is 9.53 Å². The second kappa shape index (κ2) is 9.61. The molecule has 1 N–H and O–H groups in total. The largest absolute Gasteiger partial charge is 0.385 e. The molecule has 2 heterocycles. The molecule has 7 heteroatoms. The molecular formula is C18H19N3O3S. The van der Waals surface area contributed by atoms with Crippen molar-refractivity contribution in [3.05, 3.63) is 65.0 Å². The second-order valence-corrected chi connectivity index (χ2v) is 5.95. The molecule has 0 fully saturated rings. The minimum Gasteiger partial charge on any atom is -0.385 e.